The Morgan fingerprint density at radius 1 is 1.33 bits per heavy atom. The van der Waals surface area contributed by atoms with Crippen molar-refractivity contribution >= 4 is 0 Å². The van der Waals surface area contributed by atoms with Crippen molar-refractivity contribution in [3.05, 3.63) is 34.2 Å². The smallest absolute Gasteiger partial charge is 0.251 e. The van der Waals surface area contributed by atoms with Crippen LogP contribution >= 0.6 is 0 Å². The highest BCUT2D eigenvalue weighted by Crippen LogP contribution is 2.28. The van der Waals surface area contributed by atoms with Crippen molar-refractivity contribution in [1.82, 2.24) is 4.57 Å². The molecular weight excluding hydrogens is 194 g/mol. The van der Waals surface area contributed by atoms with Crippen LogP contribution in [0.2, 0.25) is 0 Å². The van der Waals surface area contributed by atoms with E-state index in [4.69, 9.17) is 10.2 Å². The molecule has 1 aromatic rings. The minimum absolute atomic E-state index is 0.146. The second kappa shape index (κ2) is 4.16. The Kier molecular flexibility index (Phi) is 2.88. The average Bonchev–Trinajstić information content (AvgIpc) is 2.70. The molecule has 1 fully saturated rings. The van der Waals surface area contributed by atoms with Crippen molar-refractivity contribution in [3.8, 4) is 0 Å². The lowest BCUT2D eigenvalue weighted by Gasteiger charge is -2.14. The number of aromatic nitrogens is 1. The summed E-state index contributed by atoms with van der Waals surface area (Å²) in [4.78, 5) is 11.7. The Labute approximate surface area is 87.8 Å². The molecule has 0 atom stereocenters. The summed E-state index contributed by atoms with van der Waals surface area (Å²) < 4.78 is 1.69. The van der Waals surface area contributed by atoms with Gasteiger partial charge in [0.1, 0.15) is 0 Å². The molecule has 1 aromatic heterocycles. The van der Waals surface area contributed by atoms with E-state index in [2.05, 4.69) is 0 Å². The zero-order valence-corrected chi connectivity index (χ0v) is 8.47. The van der Waals surface area contributed by atoms with Gasteiger partial charge < -0.3 is 14.8 Å². The van der Waals surface area contributed by atoms with Crippen molar-refractivity contribution in [1.29, 1.82) is 0 Å². The first-order chi connectivity index (χ1) is 7.18. The maximum atomic E-state index is 11.7. The van der Waals surface area contributed by atoms with E-state index < -0.39 is 6.29 Å². The number of nitrogens with zero attached hydrogens (tertiary/aromatic N) is 1. The summed E-state index contributed by atoms with van der Waals surface area (Å²) in [6, 6.07) is 3.18. The number of aliphatic hydroxyl groups is 2. The summed E-state index contributed by atoms with van der Waals surface area (Å²) in [6.07, 6.45) is 4.52. The van der Waals surface area contributed by atoms with Gasteiger partial charge in [-0.1, -0.05) is 12.8 Å². The second-order valence-electron chi connectivity index (χ2n) is 4.02. The summed E-state index contributed by atoms with van der Waals surface area (Å²) in [6.45, 7) is 0. The Balaban J connectivity index is 2.30. The molecule has 4 nitrogen and oxygen atoms in total. The van der Waals surface area contributed by atoms with Crippen LogP contribution < -0.4 is 5.56 Å². The molecule has 0 spiro atoms. The van der Waals surface area contributed by atoms with Crippen LogP contribution in [-0.4, -0.2) is 14.8 Å². The highest BCUT2D eigenvalue weighted by Gasteiger charge is 2.17. The van der Waals surface area contributed by atoms with Crippen molar-refractivity contribution < 1.29 is 10.2 Å². The maximum Gasteiger partial charge on any atom is 0.251 e. The third-order valence-electron chi connectivity index (χ3n) is 2.99. The quantitative estimate of drug-likeness (QED) is 0.713. The van der Waals surface area contributed by atoms with E-state index in [-0.39, 0.29) is 11.1 Å². The van der Waals surface area contributed by atoms with Crippen molar-refractivity contribution in [3.63, 3.8) is 0 Å². The molecule has 0 saturated heterocycles. The standard InChI is InChI=1S/C11H15NO3/c13-10-7-8(11(14)15)5-6-12(10)9-3-1-2-4-9/h5-7,9,11,14-15H,1-4H2. The molecule has 0 radical (unpaired) electrons. The number of hydrogen-bond acceptors (Lipinski definition) is 3. The summed E-state index contributed by atoms with van der Waals surface area (Å²) >= 11 is 0. The van der Waals surface area contributed by atoms with Crippen LogP contribution in [-0.2, 0) is 0 Å². The van der Waals surface area contributed by atoms with E-state index in [9.17, 15) is 4.79 Å². The first kappa shape index (κ1) is 10.4. The molecule has 2 N–H and O–H groups in total. The summed E-state index contributed by atoms with van der Waals surface area (Å²) in [5.41, 5.74) is 0.113. The largest absolute Gasteiger partial charge is 0.364 e. The van der Waals surface area contributed by atoms with Gasteiger partial charge in [-0.2, -0.15) is 0 Å². The van der Waals surface area contributed by atoms with Crippen LogP contribution in [0, 0.1) is 0 Å². The molecule has 0 aliphatic heterocycles. The molecular formula is C11H15NO3. The summed E-state index contributed by atoms with van der Waals surface area (Å²) in [5.74, 6) is 0. The molecule has 4 heteroatoms. The number of pyridine rings is 1. The first-order valence-electron chi connectivity index (χ1n) is 5.27. The molecule has 0 aromatic carbocycles. The van der Waals surface area contributed by atoms with Gasteiger partial charge in [0, 0.05) is 23.9 Å². The number of rotatable bonds is 2. The van der Waals surface area contributed by atoms with E-state index in [1.165, 1.54) is 18.9 Å². The highest BCUT2D eigenvalue weighted by atomic mass is 16.5. The third-order valence-corrected chi connectivity index (χ3v) is 2.99. The van der Waals surface area contributed by atoms with Crippen molar-refractivity contribution in [2.75, 3.05) is 0 Å². The lowest BCUT2D eigenvalue weighted by Crippen LogP contribution is -2.23. The van der Waals surface area contributed by atoms with Crippen LogP contribution in [0.25, 0.3) is 0 Å². The fourth-order valence-electron chi connectivity index (χ4n) is 2.15. The lowest BCUT2D eigenvalue weighted by molar-refractivity contribution is -0.0426. The molecule has 0 amide bonds. The van der Waals surface area contributed by atoms with Gasteiger partial charge in [0.2, 0.25) is 0 Å². The first-order valence-corrected chi connectivity index (χ1v) is 5.27. The highest BCUT2D eigenvalue weighted by molar-refractivity contribution is 5.12. The Morgan fingerprint density at radius 2 is 2.00 bits per heavy atom. The molecule has 1 aliphatic carbocycles. The van der Waals surface area contributed by atoms with Crippen LogP contribution in [0.4, 0.5) is 0 Å². The molecule has 0 unspecified atom stereocenters. The van der Waals surface area contributed by atoms with Gasteiger partial charge >= 0.3 is 0 Å². The van der Waals surface area contributed by atoms with E-state index >= 15 is 0 Å². The predicted molar refractivity (Wildman–Crippen MR) is 55.4 cm³/mol. The zero-order valence-electron chi connectivity index (χ0n) is 8.47. The number of aliphatic hydroxyl groups excluding tert-OH is 1. The van der Waals surface area contributed by atoms with Gasteiger partial charge in [0.25, 0.3) is 5.56 Å². The molecule has 1 heterocycles. The maximum absolute atomic E-state index is 11.7. The van der Waals surface area contributed by atoms with Gasteiger partial charge in [-0.15, -0.1) is 0 Å². The van der Waals surface area contributed by atoms with Crippen LogP contribution in [0.15, 0.2) is 23.1 Å². The summed E-state index contributed by atoms with van der Waals surface area (Å²) in [5, 5.41) is 17.8. The van der Waals surface area contributed by atoms with Crippen LogP contribution in [0.3, 0.4) is 0 Å². The van der Waals surface area contributed by atoms with E-state index in [1.807, 2.05) is 0 Å². The van der Waals surface area contributed by atoms with Crippen LogP contribution in [0.5, 0.6) is 0 Å². The minimum atomic E-state index is -1.56. The van der Waals surface area contributed by atoms with Gasteiger partial charge in [-0.25, -0.2) is 0 Å². The molecule has 15 heavy (non-hydrogen) atoms. The Morgan fingerprint density at radius 3 is 2.53 bits per heavy atom. The number of hydrogen-bond donors (Lipinski definition) is 2. The second-order valence-corrected chi connectivity index (χ2v) is 4.02. The van der Waals surface area contributed by atoms with Gasteiger partial charge in [0.15, 0.2) is 6.29 Å². The van der Waals surface area contributed by atoms with E-state index in [0.717, 1.165) is 12.8 Å². The predicted octanol–water partition coefficient (Wildman–Crippen LogP) is 0.947. The monoisotopic (exact) mass is 209 g/mol. The van der Waals surface area contributed by atoms with Crippen molar-refractivity contribution in [2.24, 2.45) is 0 Å². The van der Waals surface area contributed by atoms with Gasteiger partial charge in [0.05, 0.1) is 0 Å². The molecule has 1 aliphatic rings. The fourth-order valence-corrected chi connectivity index (χ4v) is 2.15. The average molecular weight is 209 g/mol. The molecule has 82 valence electrons. The lowest BCUT2D eigenvalue weighted by atomic mass is 10.2. The van der Waals surface area contributed by atoms with Crippen LogP contribution in [0.1, 0.15) is 43.6 Å². The van der Waals surface area contributed by atoms with E-state index in [1.54, 1.807) is 16.8 Å². The third kappa shape index (κ3) is 2.11. The minimum Gasteiger partial charge on any atom is -0.364 e. The normalized spacial score (nSPS) is 17.5. The molecule has 0 bridgehead atoms. The zero-order chi connectivity index (χ0) is 10.8. The summed E-state index contributed by atoms with van der Waals surface area (Å²) in [7, 11) is 0. The van der Waals surface area contributed by atoms with Crippen molar-refractivity contribution in [2.45, 2.75) is 38.0 Å². The van der Waals surface area contributed by atoms with E-state index in [0.29, 0.717) is 6.04 Å². The van der Waals surface area contributed by atoms with Gasteiger partial charge in [-0.05, 0) is 18.9 Å². The Hall–Kier alpha value is -1.13. The van der Waals surface area contributed by atoms with Gasteiger partial charge in [-0.3, -0.25) is 4.79 Å². The topological polar surface area (TPSA) is 62.5 Å². The molecule has 2 rings (SSSR count). The molecule has 1 saturated carbocycles. The Bertz CT molecular complexity index is 391. The fraction of sp³-hybridized carbons (Fsp3) is 0.545. The SMILES string of the molecule is O=c1cc(C(O)O)ccn1C1CCCC1.